The molecule has 3 amide bonds. The van der Waals surface area contributed by atoms with Gasteiger partial charge in [0.25, 0.3) is 17.4 Å². The van der Waals surface area contributed by atoms with Gasteiger partial charge in [-0.1, -0.05) is 24.1 Å². The van der Waals surface area contributed by atoms with Crippen LogP contribution in [-0.4, -0.2) is 119 Å². The summed E-state index contributed by atoms with van der Waals surface area (Å²) in [6, 6.07) is 7.58. The van der Waals surface area contributed by atoms with E-state index in [0.717, 1.165) is 38.3 Å². The van der Waals surface area contributed by atoms with E-state index < -0.39 is 23.3 Å². The van der Waals surface area contributed by atoms with Crippen molar-refractivity contribution in [2.24, 2.45) is 0 Å². The molecule has 2 saturated heterocycles. The van der Waals surface area contributed by atoms with Gasteiger partial charge in [-0.25, -0.2) is 13.8 Å². The number of aliphatic hydroxyl groups is 1. The van der Waals surface area contributed by atoms with Gasteiger partial charge in [-0.2, -0.15) is 4.98 Å². The van der Waals surface area contributed by atoms with Crippen molar-refractivity contribution in [3.63, 3.8) is 0 Å². The Kier molecular flexibility index (Phi) is 15.5. The molecular weight excluding hydrogens is 876 g/mol. The lowest BCUT2D eigenvalue weighted by atomic mass is 9.84. The number of nitrogens with one attached hydrogen (secondary N) is 3. The van der Waals surface area contributed by atoms with E-state index in [1.165, 1.54) is 61.2 Å². The molecule has 0 radical (unpaired) electrons. The highest BCUT2D eigenvalue weighted by Gasteiger charge is 2.39. The van der Waals surface area contributed by atoms with Crippen molar-refractivity contribution in [3.8, 4) is 5.75 Å². The van der Waals surface area contributed by atoms with Gasteiger partial charge in [-0.15, -0.1) is 0 Å². The Bertz CT molecular complexity index is 2510. The topological polar surface area (TPSA) is 191 Å². The van der Waals surface area contributed by atoms with Gasteiger partial charge in [0.05, 0.1) is 30.0 Å². The largest absolute Gasteiger partial charge is 0.478 e. The lowest BCUT2D eigenvalue weighted by molar-refractivity contribution is -0.125. The van der Waals surface area contributed by atoms with E-state index in [2.05, 4.69) is 30.8 Å². The molecule has 16 nitrogen and oxygen atoms in total. The number of carbonyl (C=O) groups excluding carboxylic acids is 4. The number of aromatic nitrogens is 3. The molecule has 3 fully saturated rings. The number of halogens is 3. The first-order chi connectivity index (χ1) is 31.7. The number of fused-ring (bicyclic) bond motifs is 2. The molecule has 19 heteroatoms. The number of hydrogen-bond acceptors (Lipinski definition) is 12. The standard InChI is InChI=1S/C24H28ClFN6O4.C23H30FN3O3/c1-13(2)32-18-5-4-17(21(26)15(18)10-19(23(32)35)36-12-20(34)27-3)29-22-16(25)11-28-24(30-22)31-8-6-14(33)7-9-31;1-25-22(29)20(6-3-13-28)27-14-19-18(23(27)30)8-7-17(21(19)24)15-9-11-26(12-10-15)16-4-2-5-16/h4-5,10-11,13-14,33H,6-9,12H2,1-3H3,(H,27,34)(H,28,29,30);7-8,13,15-16,20H,2-6,9-12,14H2,1H3,(H,25,29). The fraction of sp³-hybridized carbons (Fsp3) is 0.511. The second kappa shape index (κ2) is 21.3. The molecule has 4 N–H and O–H groups in total. The third-order valence-corrected chi connectivity index (χ3v) is 13.4. The maximum Gasteiger partial charge on any atom is 0.293 e. The second-order valence-electron chi connectivity index (χ2n) is 17.5. The van der Waals surface area contributed by atoms with Crippen LogP contribution in [0.15, 0.2) is 41.3 Å². The molecular formula is C47H58ClF2N9O7. The van der Waals surface area contributed by atoms with Crippen molar-refractivity contribution in [1.82, 2.24) is 35.0 Å². The van der Waals surface area contributed by atoms with E-state index in [0.29, 0.717) is 54.1 Å². The van der Waals surface area contributed by atoms with Crippen molar-refractivity contribution in [2.75, 3.05) is 57.1 Å². The van der Waals surface area contributed by atoms with Gasteiger partial charge in [-0.05, 0) is 108 Å². The summed E-state index contributed by atoms with van der Waals surface area (Å²) < 4.78 is 38.1. The predicted molar refractivity (Wildman–Crippen MR) is 247 cm³/mol. The molecule has 1 unspecified atom stereocenters. The number of rotatable bonds is 14. The normalized spacial score (nSPS) is 17.5. The molecule has 1 saturated carbocycles. The van der Waals surface area contributed by atoms with Crippen molar-refractivity contribution >= 4 is 64.0 Å². The van der Waals surface area contributed by atoms with Gasteiger partial charge in [0.2, 0.25) is 11.9 Å². The molecule has 3 aliphatic heterocycles. The van der Waals surface area contributed by atoms with Crippen LogP contribution in [0.1, 0.15) is 105 Å². The summed E-state index contributed by atoms with van der Waals surface area (Å²) >= 11 is 6.30. The molecule has 2 aromatic carbocycles. The number of likely N-dealkylation sites (tertiary alicyclic amines) is 1. The van der Waals surface area contributed by atoms with Crippen molar-refractivity contribution in [1.29, 1.82) is 0 Å². The number of ether oxygens (including phenoxy) is 1. The average Bonchev–Trinajstić information content (AvgIpc) is 3.63. The lowest BCUT2D eigenvalue weighted by Gasteiger charge is -2.42. The summed E-state index contributed by atoms with van der Waals surface area (Å²) in [5.41, 5.74) is 1.43. The number of likely N-dealkylation sites (N-methyl/N-ethyl adjacent to an activating group) is 2. The van der Waals surface area contributed by atoms with Gasteiger partial charge in [-0.3, -0.25) is 19.2 Å². The third-order valence-electron chi connectivity index (χ3n) is 13.1. The first-order valence-electron chi connectivity index (χ1n) is 22.7. The average molecular weight is 934 g/mol. The highest BCUT2D eigenvalue weighted by molar-refractivity contribution is 6.33. The number of aldehydes is 1. The summed E-state index contributed by atoms with van der Waals surface area (Å²) in [6.45, 7) is 6.50. The van der Waals surface area contributed by atoms with Crippen LogP contribution >= 0.6 is 11.6 Å². The number of anilines is 3. The Labute approximate surface area is 387 Å². The van der Waals surface area contributed by atoms with E-state index in [-0.39, 0.29) is 89.4 Å². The third kappa shape index (κ3) is 10.3. The number of carbonyl (C=O) groups is 4. The van der Waals surface area contributed by atoms with Gasteiger partial charge in [0.15, 0.2) is 24.0 Å². The van der Waals surface area contributed by atoms with Gasteiger partial charge >= 0.3 is 0 Å². The minimum Gasteiger partial charge on any atom is -0.478 e. The summed E-state index contributed by atoms with van der Waals surface area (Å²) in [7, 11) is 2.95. The zero-order valence-electron chi connectivity index (χ0n) is 37.7. The van der Waals surface area contributed by atoms with Crippen LogP contribution < -0.4 is 31.1 Å². The Morgan fingerprint density at radius 3 is 2.35 bits per heavy atom. The Hall–Kier alpha value is -5.72. The van der Waals surface area contributed by atoms with E-state index in [4.69, 9.17) is 16.3 Å². The van der Waals surface area contributed by atoms with Gasteiger partial charge in [0, 0.05) is 62.2 Å². The fourth-order valence-corrected chi connectivity index (χ4v) is 9.32. The van der Waals surface area contributed by atoms with Crippen LogP contribution in [0, 0.1) is 11.6 Å². The number of pyridine rings is 1. The monoisotopic (exact) mass is 933 g/mol. The van der Waals surface area contributed by atoms with E-state index in [9.17, 15) is 29.1 Å². The minimum absolute atomic E-state index is 0.0751. The second-order valence-corrected chi connectivity index (χ2v) is 17.9. The quantitative estimate of drug-likeness (QED) is 0.115. The summed E-state index contributed by atoms with van der Waals surface area (Å²) in [5.74, 6) is -1.34. The zero-order chi connectivity index (χ0) is 47.2. The first-order valence-corrected chi connectivity index (χ1v) is 23.1. The van der Waals surface area contributed by atoms with Crippen LogP contribution in [0.3, 0.4) is 0 Å². The molecule has 0 bridgehead atoms. The van der Waals surface area contributed by atoms with E-state index in [1.54, 1.807) is 32.0 Å². The lowest BCUT2D eigenvalue weighted by Crippen LogP contribution is -2.46. The van der Waals surface area contributed by atoms with Crippen molar-refractivity contribution < 1.29 is 37.8 Å². The van der Waals surface area contributed by atoms with Crippen LogP contribution in [-0.2, 0) is 20.9 Å². The Morgan fingerprint density at radius 1 is 0.985 bits per heavy atom. The molecule has 4 aromatic rings. The molecule has 1 atom stereocenters. The molecule has 66 heavy (non-hydrogen) atoms. The maximum atomic E-state index is 15.8. The van der Waals surface area contributed by atoms with Crippen LogP contribution in [0.5, 0.6) is 5.75 Å². The minimum atomic E-state index is -0.770. The predicted octanol–water partition coefficient (Wildman–Crippen LogP) is 5.60. The smallest absolute Gasteiger partial charge is 0.293 e. The summed E-state index contributed by atoms with van der Waals surface area (Å²) in [6.07, 6.45) is 9.21. The van der Waals surface area contributed by atoms with Crippen molar-refractivity contribution in [3.05, 3.63) is 80.2 Å². The van der Waals surface area contributed by atoms with Crippen LogP contribution in [0.4, 0.5) is 26.2 Å². The number of aliphatic hydroxyl groups excluding tert-OH is 1. The molecule has 1 aliphatic carbocycles. The number of nitrogens with zero attached hydrogens (tertiary/aromatic N) is 6. The number of hydrogen-bond donors (Lipinski definition) is 4. The molecule has 8 rings (SSSR count). The van der Waals surface area contributed by atoms with Gasteiger partial charge in [0.1, 0.15) is 23.2 Å². The highest BCUT2D eigenvalue weighted by Crippen LogP contribution is 2.38. The van der Waals surface area contributed by atoms with E-state index in [1.807, 2.05) is 4.90 Å². The molecule has 2 aromatic heterocycles. The first kappa shape index (κ1) is 48.2. The van der Waals surface area contributed by atoms with Crippen molar-refractivity contribution in [2.45, 2.75) is 108 Å². The molecule has 4 aliphatic rings. The van der Waals surface area contributed by atoms with E-state index >= 15 is 8.78 Å². The number of amides is 3. The van der Waals surface area contributed by atoms with Gasteiger partial charge < -0.3 is 49.9 Å². The Morgan fingerprint density at radius 2 is 1.71 bits per heavy atom. The Balaban J connectivity index is 0.000000199. The molecule has 0 spiro atoms. The van der Waals surface area contributed by atoms with Crippen LogP contribution in [0.2, 0.25) is 5.02 Å². The zero-order valence-corrected chi connectivity index (χ0v) is 38.5. The highest BCUT2D eigenvalue weighted by atomic mass is 35.5. The fourth-order valence-electron chi connectivity index (χ4n) is 9.18. The molecule has 354 valence electrons. The van der Waals surface area contributed by atoms with Crippen LogP contribution in [0.25, 0.3) is 10.9 Å². The molecule has 5 heterocycles. The number of piperidine rings is 2. The summed E-state index contributed by atoms with van der Waals surface area (Å²) in [4.78, 5) is 75.2. The number of benzene rings is 2. The SMILES string of the molecule is CNC(=O)C(CCC=O)N1Cc2c(ccc(C3CCN(C4CCC4)CC3)c2F)C1=O.CNC(=O)COc1cc2c(F)c(Nc3nc(N4CCC(O)CC4)ncc3Cl)ccc2n(C(C)C)c1=O. The maximum absolute atomic E-state index is 15.8. The summed E-state index contributed by atoms with van der Waals surface area (Å²) in [5, 5.41) is 18.0.